The maximum Gasteiger partial charge on any atom is 0.212 e. The molecular formula is C15H18N2O3S. The van der Waals surface area contributed by atoms with E-state index in [1.165, 1.54) is 0 Å². The number of rotatable bonds is 7. The van der Waals surface area contributed by atoms with E-state index in [2.05, 4.69) is 9.71 Å². The van der Waals surface area contributed by atoms with Crippen molar-refractivity contribution in [2.24, 2.45) is 0 Å². The van der Waals surface area contributed by atoms with Crippen molar-refractivity contribution in [1.29, 1.82) is 0 Å². The first kappa shape index (κ1) is 15.6. The van der Waals surface area contributed by atoms with Gasteiger partial charge in [0.1, 0.15) is 0 Å². The summed E-state index contributed by atoms with van der Waals surface area (Å²) in [5.74, 6) is 0.00367. The minimum Gasteiger partial charge on any atom is -0.392 e. The van der Waals surface area contributed by atoms with Gasteiger partial charge in [0.25, 0.3) is 0 Å². The lowest BCUT2D eigenvalue weighted by atomic mass is 10.1. The highest BCUT2D eigenvalue weighted by molar-refractivity contribution is 7.89. The van der Waals surface area contributed by atoms with Gasteiger partial charge >= 0.3 is 0 Å². The average Bonchev–Trinajstić information content (AvgIpc) is 2.52. The van der Waals surface area contributed by atoms with Crippen molar-refractivity contribution in [2.75, 3.05) is 5.75 Å². The van der Waals surface area contributed by atoms with E-state index in [-0.39, 0.29) is 18.9 Å². The second-order valence-electron chi connectivity index (χ2n) is 4.69. The molecule has 2 rings (SSSR count). The lowest BCUT2D eigenvalue weighted by Crippen LogP contribution is -2.27. The molecule has 0 spiro atoms. The predicted octanol–water partition coefficient (Wildman–Crippen LogP) is 1.24. The third-order valence-corrected chi connectivity index (χ3v) is 4.35. The van der Waals surface area contributed by atoms with Crippen LogP contribution in [-0.2, 0) is 29.6 Å². The Kier molecular flexibility index (Phi) is 5.44. The van der Waals surface area contributed by atoms with Gasteiger partial charge in [-0.1, -0.05) is 30.3 Å². The first-order valence-electron chi connectivity index (χ1n) is 6.65. The van der Waals surface area contributed by atoms with Gasteiger partial charge in [0, 0.05) is 24.9 Å². The molecule has 21 heavy (non-hydrogen) atoms. The smallest absolute Gasteiger partial charge is 0.212 e. The van der Waals surface area contributed by atoms with Crippen molar-refractivity contribution in [3.05, 3.63) is 65.5 Å². The van der Waals surface area contributed by atoms with Crippen molar-refractivity contribution in [2.45, 2.75) is 19.6 Å². The molecule has 1 aromatic carbocycles. The predicted molar refractivity (Wildman–Crippen MR) is 80.9 cm³/mol. The van der Waals surface area contributed by atoms with E-state index in [9.17, 15) is 8.42 Å². The monoisotopic (exact) mass is 306 g/mol. The van der Waals surface area contributed by atoms with Crippen LogP contribution in [0.15, 0.2) is 48.7 Å². The number of sulfonamides is 1. The number of aliphatic hydroxyl groups is 1. The van der Waals surface area contributed by atoms with Gasteiger partial charge in [0.15, 0.2) is 0 Å². The molecule has 1 aromatic heterocycles. The average molecular weight is 306 g/mol. The molecule has 0 amide bonds. The normalized spacial score (nSPS) is 11.5. The van der Waals surface area contributed by atoms with E-state index in [1.807, 2.05) is 12.1 Å². The minimum atomic E-state index is -3.35. The Hall–Kier alpha value is -1.76. The highest BCUT2D eigenvalue weighted by atomic mass is 32.2. The summed E-state index contributed by atoms with van der Waals surface area (Å²) in [6, 6.07) is 12.6. The number of nitrogens with one attached hydrogen (secondary N) is 1. The molecule has 0 bridgehead atoms. The fourth-order valence-corrected chi connectivity index (χ4v) is 2.90. The topological polar surface area (TPSA) is 79.3 Å². The molecule has 0 unspecified atom stereocenters. The number of benzene rings is 1. The molecule has 6 heteroatoms. The molecule has 0 saturated heterocycles. The van der Waals surface area contributed by atoms with Crippen LogP contribution in [0.2, 0.25) is 0 Å². The fraction of sp³-hybridized carbons (Fsp3) is 0.267. The minimum absolute atomic E-state index is 0.00367. The van der Waals surface area contributed by atoms with Crippen LogP contribution in [0, 0.1) is 0 Å². The summed E-state index contributed by atoms with van der Waals surface area (Å²) in [7, 11) is -3.35. The van der Waals surface area contributed by atoms with Crippen molar-refractivity contribution >= 4 is 10.0 Å². The van der Waals surface area contributed by atoms with E-state index >= 15 is 0 Å². The summed E-state index contributed by atoms with van der Waals surface area (Å²) in [6.07, 6.45) is 2.03. The molecule has 0 saturated carbocycles. The fourth-order valence-electron chi connectivity index (χ4n) is 1.89. The van der Waals surface area contributed by atoms with E-state index < -0.39 is 10.0 Å². The van der Waals surface area contributed by atoms with Crippen molar-refractivity contribution in [1.82, 2.24) is 9.71 Å². The largest absolute Gasteiger partial charge is 0.392 e. The van der Waals surface area contributed by atoms with Crippen molar-refractivity contribution in [3.8, 4) is 0 Å². The first-order chi connectivity index (χ1) is 10.1. The molecule has 112 valence electrons. The van der Waals surface area contributed by atoms with E-state index in [4.69, 9.17) is 5.11 Å². The van der Waals surface area contributed by atoms with E-state index in [0.717, 1.165) is 16.8 Å². The van der Waals surface area contributed by atoms with Crippen LogP contribution in [0.5, 0.6) is 0 Å². The summed E-state index contributed by atoms with van der Waals surface area (Å²) in [6.45, 7) is 0.165. The van der Waals surface area contributed by atoms with Crippen LogP contribution in [0.1, 0.15) is 16.8 Å². The maximum atomic E-state index is 11.9. The molecule has 0 fully saturated rings. The summed E-state index contributed by atoms with van der Waals surface area (Å²) >= 11 is 0. The molecule has 0 atom stereocenters. The molecule has 0 aliphatic carbocycles. The number of nitrogens with zero attached hydrogens (tertiary/aromatic N) is 1. The van der Waals surface area contributed by atoms with Crippen molar-refractivity contribution < 1.29 is 13.5 Å². The van der Waals surface area contributed by atoms with Gasteiger partial charge in [-0.05, 0) is 23.3 Å². The quantitative estimate of drug-likeness (QED) is 0.806. The Balaban J connectivity index is 1.89. The summed E-state index contributed by atoms with van der Waals surface area (Å²) < 4.78 is 26.4. The Bertz CT molecular complexity index is 672. The Morgan fingerprint density at radius 1 is 1.10 bits per heavy atom. The number of aliphatic hydroxyl groups excluding tert-OH is 1. The molecule has 2 N–H and O–H groups in total. The molecule has 0 radical (unpaired) electrons. The zero-order chi connectivity index (χ0) is 15.1. The first-order valence-corrected chi connectivity index (χ1v) is 8.30. The number of hydrogen-bond donors (Lipinski definition) is 2. The SMILES string of the molecule is O=S(=O)(CCc1ccccn1)NCc1cccc(CO)c1. The van der Waals surface area contributed by atoms with Gasteiger partial charge in [-0.25, -0.2) is 13.1 Å². The number of hydrogen-bond acceptors (Lipinski definition) is 4. The lowest BCUT2D eigenvalue weighted by molar-refractivity contribution is 0.281. The van der Waals surface area contributed by atoms with Crippen LogP contribution in [0.3, 0.4) is 0 Å². The zero-order valence-corrected chi connectivity index (χ0v) is 12.4. The number of pyridine rings is 1. The number of aryl methyl sites for hydroxylation is 1. The summed E-state index contributed by atoms with van der Waals surface area (Å²) in [5, 5.41) is 9.05. The highest BCUT2D eigenvalue weighted by Gasteiger charge is 2.10. The summed E-state index contributed by atoms with van der Waals surface area (Å²) in [5.41, 5.74) is 2.34. The molecule has 1 heterocycles. The van der Waals surface area contributed by atoms with Crippen molar-refractivity contribution in [3.63, 3.8) is 0 Å². The zero-order valence-electron chi connectivity index (χ0n) is 11.6. The Morgan fingerprint density at radius 3 is 2.62 bits per heavy atom. The maximum absolute atomic E-state index is 11.9. The molecule has 0 aliphatic heterocycles. The van der Waals surface area contributed by atoms with Crippen LogP contribution >= 0.6 is 0 Å². The van der Waals surface area contributed by atoms with Gasteiger partial charge in [-0.15, -0.1) is 0 Å². The Labute approximate surface area is 124 Å². The van der Waals surface area contributed by atoms with Gasteiger partial charge in [-0.3, -0.25) is 4.98 Å². The standard InChI is InChI=1S/C15H18N2O3S/c18-12-14-5-3-4-13(10-14)11-17-21(19,20)9-7-15-6-1-2-8-16-15/h1-6,8,10,17-18H,7,9,11-12H2. The number of aromatic nitrogens is 1. The van der Waals surface area contributed by atoms with Gasteiger partial charge < -0.3 is 5.11 Å². The Morgan fingerprint density at radius 2 is 1.90 bits per heavy atom. The molecule has 0 aliphatic rings. The van der Waals surface area contributed by atoms with Crippen LogP contribution < -0.4 is 4.72 Å². The van der Waals surface area contributed by atoms with Gasteiger partial charge in [-0.2, -0.15) is 0 Å². The second-order valence-corrected chi connectivity index (χ2v) is 6.62. The lowest BCUT2D eigenvalue weighted by Gasteiger charge is -2.07. The molecule has 5 nitrogen and oxygen atoms in total. The van der Waals surface area contributed by atoms with Gasteiger partial charge in [0.2, 0.25) is 10.0 Å². The van der Waals surface area contributed by atoms with Crippen LogP contribution in [0.4, 0.5) is 0 Å². The second kappa shape index (κ2) is 7.31. The van der Waals surface area contributed by atoms with Crippen LogP contribution in [-0.4, -0.2) is 24.3 Å². The van der Waals surface area contributed by atoms with Crippen LogP contribution in [0.25, 0.3) is 0 Å². The summed E-state index contributed by atoms with van der Waals surface area (Å²) in [4.78, 5) is 4.10. The molecule has 2 aromatic rings. The molecular weight excluding hydrogens is 288 g/mol. The van der Waals surface area contributed by atoms with E-state index in [0.29, 0.717) is 6.42 Å². The van der Waals surface area contributed by atoms with E-state index in [1.54, 1.807) is 36.5 Å². The third kappa shape index (κ3) is 5.26. The highest BCUT2D eigenvalue weighted by Crippen LogP contribution is 2.06. The van der Waals surface area contributed by atoms with Gasteiger partial charge in [0.05, 0.1) is 12.4 Å². The third-order valence-electron chi connectivity index (χ3n) is 3.02.